The van der Waals surface area contributed by atoms with Crippen molar-refractivity contribution in [1.82, 2.24) is 9.80 Å². The quantitative estimate of drug-likeness (QED) is 0.828. The lowest BCUT2D eigenvalue weighted by Crippen LogP contribution is -2.32. The van der Waals surface area contributed by atoms with Gasteiger partial charge in [0.25, 0.3) is 0 Å². The summed E-state index contributed by atoms with van der Waals surface area (Å²) in [5.74, 6) is 0.673. The van der Waals surface area contributed by atoms with Gasteiger partial charge in [-0.25, -0.2) is 4.99 Å². The standard InChI is InChI=1S/C14H19N3OS/c1-16(2)9-6-10-17-13(18)11-19-14(17)15-12-7-4-3-5-8-12/h3-5,7-8H,6,9-11H2,1-2H3. The molecule has 0 N–H and O–H groups in total. The van der Waals surface area contributed by atoms with Crippen LogP contribution in [-0.4, -0.2) is 53.8 Å². The van der Waals surface area contributed by atoms with E-state index >= 15 is 0 Å². The predicted molar refractivity (Wildman–Crippen MR) is 80.9 cm³/mol. The smallest absolute Gasteiger partial charge is 0.239 e. The lowest BCUT2D eigenvalue weighted by Gasteiger charge is -2.17. The number of hydrogen-bond acceptors (Lipinski definition) is 4. The monoisotopic (exact) mass is 277 g/mol. The number of hydrogen-bond donors (Lipinski definition) is 0. The Kier molecular flexibility index (Phi) is 4.99. The van der Waals surface area contributed by atoms with Crippen molar-refractivity contribution in [3.05, 3.63) is 30.3 Å². The second-order valence-electron chi connectivity index (χ2n) is 4.72. The Morgan fingerprint density at radius 2 is 2.05 bits per heavy atom. The zero-order valence-corrected chi connectivity index (χ0v) is 12.2. The van der Waals surface area contributed by atoms with E-state index in [1.54, 1.807) is 4.90 Å². The number of amidine groups is 1. The molecule has 1 aliphatic rings. The zero-order valence-electron chi connectivity index (χ0n) is 11.4. The third kappa shape index (κ3) is 4.08. The molecule has 0 aliphatic carbocycles. The summed E-state index contributed by atoms with van der Waals surface area (Å²) < 4.78 is 0. The average Bonchev–Trinajstić information content (AvgIpc) is 2.72. The molecule has 0 bridgehead atoms. The van der Waals surface area contributed by atoms with Gasteiger partial charge >= 0.3 is 0 Å². The number of benzene rings is 1. The van der Waals surface area contributed by atoms with Gasteiger partial charge in [-0.1, -0.05) is 30.0 Å². The van der Waals surface area contributed by atoms with Crippen molar-refractivity contribution < 1.29 is 4.79 Å². The van der Waals surface area contributed by atoms with E-state index in [1.807, 2.05) is 44.4 Å². The first kappa shape index (κ1) is 14.1. The van der Waals surface area contributed by atoms with Crippen molar-refractivity contribution >= 4 is 28.5 Å². The maximum atomic E-state index is 11.9. The van der Waals surface area contributed by atoms with Gasteiger partial charge in [0, 0.05) is 6.54 Å². The molecule has 1 aromatic carbocycles. The van der Waals surface area contributed by atoms with Crippen LogP contribution in [-0.2, 0) is 4.79 Å². The highest BCUT2D eigenvalue weighted by Gasteiger charge is 2.27. The van der Waals surface area contributed by atoms with Gasteiger partial charge in [0.1, 0.15) is 0 Å². The first-order valence-corrected chi connectivity index (χ1v) is 7.37. The van der Waals surface area contributed by atoms with Crippen LogP contribution in [0.2, 0.25) is 0 Å². The summed E-state index contributed by atoms with van der Waals surface area (Å²) in [6, 6.07) is 9.78. The van der Waals surface area contributed by atoms with Gasteiger partial charge in [-0.05, 0) is 39.2 Å². The molecule has 1 heterocycles. The molecule has 5 heteroatoms. The largest absolute Gasteiger partial charge is 0.309 e. The van der Waals surface area contributed by atoms with Gasteiger partial charge in [-0.2, -0.15) is 0 Å². The highest BCUT2D eigenvalue weighted by Crippen LogP contribution is 2.23. The molecule has 0 aromatic heterocycles. The number of para-hydroxylation sites is 1. The highest BCUT2D eigenvalue weighted by atomic mass is 32.2. The molecule has 1 saturated heterocycles. The van der Waals surface area contributed by atoms with Crippen molar-refractivity contribution in [3.63, 3.8) is 0 Å². The summed E-state index contributed by atoms with van der Waals surface area (Å²) >= 11 is 1.53. The van der Waals surface area contributed by atoms with Crippen LogP contribution in [0, 0.1) is 0 Å². The van der Waals surface area contributed by atoms with E-state index in [1.165, 1.54) is 11.8 Å². The fourth-order valence-corrected chi connectivity index (χ4v) is 2.79. The lowest BCUT2D eigenvalue weighted by atomic mass is 10.3. The molecule has 1 amide bonds. The fraction of sp³-hybridized carbons (Fsp3) is 0.429. The van der Waals surface area contributed by atoms with Crippen LogP contribution >= 0.6 is 11.8 Å². The van der Waals surface area contributed by atoms with E-state index in [0.29, 0.717) is 5.75 Å². The van der Waals surface area contributed by atoms with Gasteiger partial charge in [-0.3, -0.25) is 9.69 Å². The Hall–Kier alpha value is -1.33. The van der Waals surface area contributed by atoms with Gasteiger partial charge in [0.05, 0.1) is 11.4 Å². The van der Waals surface area contributed by atoms with E-state index in [0.717, 1.165) is 30.4 Å². The first-order chi connectivity index (χ1) is 9.16. The zero-order chi connectivity index (χ0) is 13.7. The summed E-state index contributed by atoms with van der Waals surface area (Å²) in [4.78, 5) is 20.4. The Bertz CT molecular complexity index is 459. The number of thioether (sulfide) groups is 1. The molecule has 1 aliphatic heterocycles. The second-order valence-corrected chi connectivity index (χ2v) is 5.66. The minimum Gasteiger partial charge on any atom is -0.309 e. The van der Waals surface area contributed by atoms with Crippen LogP contribution < -0.4 is 0 Å². The lowest BCUT2D eigenvalue weighted by molar-refractivity contribution is -0.124. The van der Waals surface area contributed by atoms with Crippen LogP contribution in [0.5, 0.6) is 0 Å². The molecule has 19 heavy (non-hydrogen) atoms. The summed E-state index contributed by atoms with van der Waals surface area (Å²) in [6.07, 6.45) is 0.965. The van der Waals surface area contributed by atoms with Crippen LogP contribution in [0.4, 0.5) is 5.69 Å². The molecule has 0 spiro atoms. The average molecular weight is 277 g/mol. The number of nitrogens with zero attached hydrogens (tertiary/aromatic N) is 3. The van der Waals surface area contributed by atoms with Gasteiger partial charge in [0.15, 0.2) is 5.17 Å². The fourth-order valence-electron chi connectivity index (χ4n) is 1.86. The Balaban J connectivity index is 2.03. The van der Waals surface area contributed by atoms with E-state index in [9.17, 15) is 4.79 Å². The van der Waals surface area contributed by atoms with Crippen LogP contribution in [0.25, 0.3) is 0 Å². The highest BCUT2D eigenvalue weighted by molar-refractivity contribution is 8.15. The van der Waals surface area contributed by atoms with Gasteiger partial charge in [-0.15, -0.1) is 0 Å². The van der Waals surface area contributed by atoms with Crippen molar-refractivity contribution in [2.45, 2.75) is 6.42 Å². The minimum absolute atomic E-state index is 0.165. The Labute approximate surface area is 118 Å². The number of aliphatic imine (C=N–C) groups is 1. The number of carbonyl (C=O) groups excluding carboxylic acids is 1. The summed E-state index contributed by atoms with van der Waals surface area (Å²) in [7, 11) is 4.08. The van der Waals surface area contributed by atoms with Crippen LogP contribution in [0.3, 0.4) is 0 Å². The van der Waals surface area contributed by atoms with Crippen molar-refractivity contribution in [3.8, 4) is 0 Å². The van der Waals surface area contributed by atoms with Crippen LogP contribution in [0.15, 0.2) is 35.3 Å². The summed E-state index contributed by atoms with van der Waals surface area (Å²) in [6.45, 7) is 1.72. The van der Waals surface area contributed by atoms with Crippen molar-refractivity contribution in [2.24, 2.45) is 4.99 Å². The van der Waals surface area contributed by atoms with Gasteiger partial charge in [0.2, 0.25) is 5.91 Å². The summed E-state index contributed by atoms with van der Waals surface area (Å²) in [5.41, 5.74) is 0.900. The number of rotatable bonds is 5. The van der Waals surface area contributed by atoms with E-state index in [4.69, 9.17) is 0 Å². The van der Waals surface area contributed by atoms with Crippen molar-refractivity contribution in [2.75, 3.05) is 32.9 Å². The molecule has 1 fully saturated rings. The Morgan fingerprint density at radius 3 is 2.74 bits per heavy atom. The molecule has 0 radical (unpaired) electrons. The Morgan fingerprint density at radius 1 is 1.32 bits per heavy atom. The SMILES string of the molecule is CN(C)CCCN1C(=O)CSC1=Nc1ccccc1. The molecule has 102 valence electrons. The molecule has 2 rings (SSSR count). The molecular weight excluding hydrogens is 258 g/mol. The number of amides is 1. The maximum absolute atomic E-state index is 11.9. The second kappa shape index (κ2) is 6.73. The molecule has 0 atom stereocenters. The van der Waals surface area contributed by atoms with Gasteiger partial charge < -0.3 is 4.90 Å². The van der Waals surface area contributed by atoms with E-state index in [-0.39, 0.29) is 5.91 Å². The summed E-state index contributed by atoms with van der Waals surface area (Å²) in [5, 5.41) is 0.829. The number of carbonyl (C=O) groups is 1. The molecule has 1 aromatic rings. The van der Waals surface area contributed by atoms with Crippen molar-refractivity contribution in [1.29, 1.82) is 0 Å². The minimum atomic E-state index is 0.165. The maximum Gasteiger partial charge on any atom is 0.239 e. The van der Waals surface area contributed by atoms with Crippen LogP contribution in [0.1, 0.15) is 6.42 Å². The topological polar surface area (TPSA) is 35.9 Å². The van der Waals surface area contributed by atoms with E-state index < -0.39 is 0 Å². The molecular formula is C14H19N3OS. The molecule has 0 saturated carbocycles. The molecule has 0 unspecified atom stereocenters. The normalized spacial score (nSPS) is 17.7. The molecule has 4 nitrogen and oxygen atoms in total. The predicted octanol–water partition coefficient (Wildman–Crippen LogP) is 2.20. The third-order valence-electron chi connectivity index (χ3n) is 2.82. The first-order valence-electron chi connectivity index (χ1n) is 6.38. The van der Waals surface area contributed by atoms with E-state index in [2.05, 4.69) is 9.89 Å². The third-order valence-corrected chi connectivity index (χ3v) is 3.79.